The van der Waals surface area contributed by atoms with Gasteiger partial charge >= 0.3 is 0 Å². The van der Waals surface area contributed by atoms with Crippen molar-refractivity contribution in [3.8, 4) is 5.75 Å². The van der Waals surface area contributed by atoms with Gasteiger partial charge in [-0.05, 0) is 41.7 Å². The highest BCUT2D eigenvalue weighted by Crippen LogP contribution is 2.24. The smallest absolute Gasteiger partial charge is 0.233 e. The maximum absolute atomic E-state index is 12.4. The molecule has 0 fully saturated rings. The molecular weight excluding hydrogens is 310 g/mol. The van der Waals surface area contributed by atoms with Crippen LogP contribution in [0, 0.1) is 0 Å². The first-order valence-corrected chi connectivity index (χ1v) is 9.29. The largest absolute Gasteiger partial charge is 0.497 e. The molecule has 5 heteroatoms. The summed E-state index contributed by atoms with van der Waals surface area (Å²) in [6, 6.07) is 15.0. The van der Waals surface area contributed by atoms with E-state index in [0.29, 0.717) is 12.1 Å². The summed E-state index contributed by atoms with van der Waals surface area (Å²) in [6.07, 6.45) is 0.441. The maximum Gasteiger partial charge on any atom is 0.233 e. The van der Waals surface area contributed by atoms with Gasteiger partial charge in [-0.3, -0.25) is 4.72 Å². The second-order valence-electron chi connectivity index (χ2n) is 5.76. The highest BCUT2D eigenvalue weighted by atomic mass is 32.2. The molecule has 2 aromatic carbocycles. The molecule has 0 unspecified atom stereocenters. The number of anilines is 1. The minimum absolute atomic E-state index is 0.0343. The number of benzene rings is 2. The van der Waals surface area contributed by atoms with Crippen LogP contribution in [0.4, 0.5) is 5.69 Å². The Hall–Kier alpha value is -2.01. The summed E-state index contributed by atoms with van der Waals surface area (Å²) in [4.78, 5) is 0. The second-order valence-corrected chi connectivity index (χ2v) is 7.61. The summed E-state index contributed by atoms with van der Waals surface area (Å²) in [5.74, 6) is 1.03. The number of hydrogen-bond acceptors (Lipinski definition) is 3. The van der Waals surface area contributed by atoms with Crippen molar-refractivity contribution in [2.45, 2.75) is 26.2 Å². The number of ether oxygens (including phenoxy) is 1. The monoisotopic (exact) mass is 333 g/mol. The van der Waals surface area contributed by atoms with Crippen LogP contribution in [0.2, 0.25) is 0 Å². The fourth-order valence-electron chi connectivity index (χ4n) is 2.39. The standard InChI is InChI=1S/C18H23NO3S/c1-14(2)17-9-4-5-10-18(17)19-23(20,21)12-11-15-7-6-8-16(13-15)22-3/h4-10,13-14,19H,11-12H2,1-3H3. The van der Waals surface area contributed by atoms with Gasteiger partial charge in [0.15, 0.2) is 0 Å². The van der Waals surface area contributed by atoms with Crippen molar-refractivity contribution in [2.75, 3.05) is 17.6 Å². The Morgan fingerprint density at radius 3 is 2.52 bits per heavy atom. The van der Waals surface area contributed by atoms with E-state index in [9.17, 15) is 8.42 Å². The van der Waals surface area contributed by atoms with Gasteiger partial charge in [0.05, 0.1) is 18.6 Å². The van der Waals surface area contributed by atoms with Crippen molar-refractivity contribution in [1.82, 2.24) is 0 Å². The molecule has 2 aromatic rings. The van der Waals surface area contributed by atoms with Crippen LogP contribution in [0.1, 0.15) is 30.9 Å². The van der Waals surface area contributed by atoms with Crippen molar-refractivity contribution in [2.24, 2.45) is 0 Å². The minimum atomic E-state index is -3.40. The van der Waals surface area contributed by atoms with Crippen molar-refractivity contribution in [1.29, 1.82) is 0 Å². The van der Waals surface area contributed by atoms with Crippen molar-refractivity contribution in [3.63, 3.8) is 0 Å². The molecule has 0 aromatic heterocycles. The Labute approximate surface area is 138 Å². The fraction of sp³-hybridized carbons (Fsp3) is 0.333. The zero-order chi connectivity index (χ0) is 16.9. The Balaban J connectivity index is 2.08. The molecule has 4 nitrogen and oxygen atoms in total. The molecular formula is C18H23NO3S. The van der Waals surface area contributed by atoms with Crippen LogP contribution in [-0.2, 0) is 16.4 Å². The Bertz CT molecular complexity index is 754. The number of rotatable bonds is 7. The lowest BCUT2D eigenvalue weighted by atomic mass is 10.0. The van der Waals surface area contributed by atoms with Crippen LogP contribution in [0.25, 0.3) is 0 Å². The molecule has 0 amide bonds. The van der Waals surface area contributed by atoms with E-state index in [1.54, 1.807) is 13.2 Å². The molecule has 0 radical (unpaired) electrons. The van der Waals surface area contributed by atoms with Gasteiger partial charge in [-0.1, -0.05) is 44.2 Å². The number of aryl methyl sites for hydroxylation is 1. The van der Waals surface area contributed by atoms with E-state index in [1.165, 1.54) is 0 Å². The third-order valence-electron chi connectivity index (χ3n) is 3.64. The van der Waals surface area contributed by atoms with Crippen LogP contribution in [0.15, 0.2) is 48.5 Å². The van der Waals surface area contributed by atoms with E-state index in [-0.39, 0.29) is 11.7 Å². The lowest BCUT2D eigenvalue weighted by molar-refractivity contribution is 0.414. The van der Waals surface area contributed by atoms with Crippen LogP contribution in [0.5, 0.6) is 5.75 Å². The molecule has 0 saturated heterocycles. The molecule has 0 atom stereocenters. The number of para-hydroxylation sites is 1. The fourth-order valence-corrected chi connectivity index (χ4v) is 3.52. The normalized spacial score (nSPS) is 11.5. The molecule has 0 aliphatic rings. The van der Waals surface area contributed by atoms with Crippen LogP contribution in [-0.4, -0.2) is 21.3 Å². The second kappa shape index (κ2) is 7.51. The first kappa shape index (κ1) is 17.3. The Morgan fingerprint density at radius 2 is 1.83 bits per heavy atom. The third-order valence-corrected chi connectivity index (χ3v) is 4.91. The van der Waals surface area contributed by atoms with Gasteiger partial charge < -0.3 is 4.74 Å². The summed E-state index contributed by atoms with van der Waals surface area (Å²) in [7, 11) is -1.80. The van der Waals surface area contributed by atoms with E-state index in [1.807, 2.05) is 56.3 Å². The topological polar surface area (TPSA) is 55.4 Å². The van der Waals surface area contributed by atoms with Gasteiger partial charge in [0.25, 0.3) is 0 Å². The van der Waals surface area contributed by atoms with Crippen molar-refractivity contribution >= 4 is 15.7 Å². The number of sulfonamides is 1. The first-order valence-electron chi connectivity index (χ1n) is 7.63. The van der Waals surface area contributed by atoms with Crippen molar-refractivity contribution < 1.29 is 13.2 Å². The van der Waals surface area contributed by atoms with Gasteiger partial charge in [0, 0.05) is 0 Å². The SMILES string of the molecule is COc1cccc(CCS(=O)(=O)Nc2ccccc2C(C)C)c1. The molecule has 0 aliphatic carbocycles. The van der Waals surface area contributed by atoms with Crippen LogP contribution in [0.3, 0.4) is 0 Å². The Kier molecular flexibility index (Phi) is 5.66. The van der Waals surface area contributed by atoms with Gasteiger partial charge in [0.2, 0.25) is 10.0 Å². The van der Waals surface area contributed by atoms with E-state index >= 15 is 0 Å². The van der Waals surface area contributed by atoms with Gasteiger partial charge in [-0.25, -0.2) is 8.42 Å². The highest BCUT2D eigenvalue weighted by Gasteiger charge is 2.14. The van der Waals surface area contributed by atoms with Crippen molar-refractivity contribution in [3.05, 3.63) is 59.7 Å². The predicted molar refractivity (Wildman–Crippen MR) is 94.6 cm³/mol. The summed E-state index contributed by atoms with van der Waals surface area (Å²) < 4.78 is 32.6. The lowest BCUT2D eigenvalue weighted by Crippen LogP contribution is -2.19. The van der Waals surface area contributed by atoms with Crippen LogP contribution < -0.4 is 9.46 Å². The lowest BCUT2D eigenvalue weighted by Gasteiger charge is -2.15. The van der Waals surface area contributed by atoms with Gasteiger partial charge in [0.1, 0.15) is 5.75 Å². The number of methoxy groups -OCH3 is 1. The molecule has 23 heavy (non-hydrogen) atoms. The minimum Gasteiger partial charge on any atom is -0.497 e. The van der Waals surface area contributed by atoms with Crippen LogP contribution >= 0.6 is 0 Å². The molecule has 0 spiro atoms. The van der Waals surface area contributed by atoms with Gasteiger partial charge in [-0.15, -0.1) is 0 Å². The summed E-state index contributed by atoms with van der Waals surface area (Å²) >= 11 is 0. The number of nitrogens with one attached hydrogen (secondary N) is 1. The van der Waals surface area contributed by atoms with E-state index in [0.717, 1.165) is 16.9 Å². The zero-order valence-corrected chi connectivity index (χ0v) is 14.6. The first-order chi connectivity index (χ1) is 10.9. The summed E-state index contributed by atoms with van der Waals surface area (Å²) in [5.41, 5.74) is 2.59. The number of hydrogen-bond donors (Lipinski definition) is 1. The molecule has 124 valence electrons. The zero-order valence-electron chi connectivity index (χ0n) is 13.7. The highest BCUT2D eigenvalue weighted by molar-refractivity contribution is 7.92. The van der Waals surface area contributed by atoms with E-state index in [2.05, 4.69) is 4.72 Å². The predicted octanol–water partition coefficient (Wildman–Crippen LogP) is 3.80. The summed E-state index contributed by atoms with van der Waals surface area (Å²) in [5, 5.41) is 0. The average molecular weight is 333 g/mol. The molecule has 0 aliphatic heterocycles. The van der Waals surface area contributed by atoms with E-state index < -0.39 is 10.0 Å². The molecule has 1 N–H and O–H groups in total. The summed E-state index contributed by atoms with van der Waals surface area (Å²) in [6.45, 7) is 4.09. The molecule has 2 rings (SSSR count). The molecule has 0 heterocycles. The average Bonchev–Trinajstić information content (AvgIpc) is 2.53. The van der Waals surface area contributed by atoms with Gasteiger partial charge in [-0.2, -0.15) is 0 Å². The Morgan fingerprint density at radius 1 is 1.09 bits per heavy atom. The maximum atomic E-state index is 12.4. The van der Waals surface area contributed by atoms with E-state index in [4.69, 9.17) is 4.74 Å². The molecule has 0 saturated carbocycles. The quantitative estimate of drug-likeness (QED) is 0.838. The molecule has 0 bridgehead atoms. The third kappa shape index (κ3) is 4.99.